The zero-order chi connectivity index (χ0) is 14.9. The molecule has 1 aliphatic carbocycles. The largest absolute Gasteiger partial charge is 0.353 e. The molecule has 1 amide bonds. The summed E-state index contributed by atoms with van der Waals surface area (Å²) in [6, 6.07) is 4.12. The number of fused-ring (bicyclic) bond motifs is 1. The van der Waals surface area contributed by atoms with Gasteiger partial charge in [-0.05, 0) is 18.9 Å². The standard InChI is InChI=1S/C14H16N6O/c1-20-11-2-5-16-6-10(11)19-13(20)17-7-12(21)18-9-14(8-15)3-4-14/h2,5-6H,3-4,7,9H2,1H3,(H,17,19)(H,18,21). The average Bonchev–Trinajstić information content (AvgIpc) is 3.23. The van der Waals surface area contributed by atoms with Crippen LogP contribution in [-0.4, -0.2) is 33.5 Å². The first-order valence-electron chi connectivity index (χ1n) is 6.82. The summed E-state index contributed by atoms with van der Waals surface area (Å²) in [4.78, 5) is 20.2. The lowest BCUT2D eigenvalue weighted by Crippen LogP contribution is -2.34. The van der Waals surface area contributed by atoms with Gasteiger partial charge in [0, 0.05) is 19.8 Å². The fourth-order valence-electron chi connectivity index (χ4n) is 2.18. The Kier molecular flexibility index (Phi) is 3.22. The molecule has 0 aliphatic heterocycles. The van der Waals surface area contributed by atoms with Crippen LogP contribution in [-0.2, 0) is 11.8 Å². The molecule has 0 aromatic carbocycles. The van der Waals surface area contributed by atoms with Crippen molar-refractivity contribution in [1.29, 1.82) is 5.26 Å². The molecule has 3 rings (SSSR count). The van der Waals surface area contributed by atoms with Gasteiger partial charge in [-0.15, -0.1) is 0 Å². The number of nitriles is 1. The molecule has 2 aromatic rings. The van der Waals surface area contributed by atoms with Crippen molar-refractivity contribution >= 4 is 22.9 Å². The van der Waals surface area contributed by atoms with Gasteiger partial charge in [0.1, 0.15) is 5.52 Å². The van der Waals surface area contributed by atoms with Crippen molar-refractivity contribution in [2.45, 2.75) is 12.8 Å². The highest BCUT2D eigenvalue weighted by Gasteiger charge is 2.43. The number of rotatable bonds is 5. The fourth-order valence-corrected chi connectivity index (χ4v) is 2.18. The van der Waals surface area contributed by atoms with Gasteiger partial charge >= 0.3 is 0 Å². The maximum atomic E-state index is 11.8. The third kappa shape index (κ3) is 2.65. The molecule has 1 saturated carbocycles. The van der Waals surface area contributed by atoms with Gasteiger partial charge < -0.3 is 15.2 Å². The summed E-state index contributed by atoms with van der Waals surface area (Å²) in [5, 5.41) is 14.8. The summed E-state index contributed by atoms with van der Waals surface area (Å²) >= 11 is 0. The van der Waals surface area contributed by atoms with E-state index in [1.807, 2.05) is 17.7 Å². The van der Waals surface area contributed by atoms with Gasteiger partial charge in [-0.1, -0.05) is 0 Å². The number of carbonyl (C=O) groups excluding carboxylic acids is 1. The van der Waals surface area contributed by atoms with E-state index >= 15 is 0 Å². The summed E-state index contributed by atoms with van der Waals surface area (Å²) < 4.78 is 1.88. The van der Waals surface area contributed by atoms with E-state index in [-0.39, 0.29) is 17.9 Å². The molecule has 0 radical (unpaired) electrons. The third-order valence-corrected chi connectivity index (χ3v) is 3.80. The molecule has 2 aromatic heterocycles. The van der Waals surface area contributed by atoms with Crippen molar-refractivity contribution in [2.75, 3.05) is 18.4 Å². The van der Waals surface area contributed by atoms with E-state index in [1.165, 1.54) is 0 Å². The first kappa shape index (κ1) is 13.4. The zero-order valence-corrected chi connectivity index (χ0v) is 11.8. The van der Waals surface area contributed by atoms with Crippen molar-refractivity contribution in [3.63, 3.8) is 0 Å². The second kappa shape index (κ2) is 5.05. The smallest absolute Gasteiger partial charge is 0.239 e. The lowest BCUT2D eigenvalue weighted by Gasteiger charge is -2.09. The van der Waals surface area contributed by atoms with Crippen LogP contribution in [0.3, 0.4) is 0 Å². The Morgan fingerprint density at radius 2 is 2.38 bits per heavy atom. The van der Waals surface area contributed by atoms with E-state index < -0.39 is 0 Å². The second-order valence-electron chi connectivity index (χ2n) is 5.38. The highest BCUT2D eigenvalue weighted by Crippen LogP contribution is 2.43. The first-order chi connectivity index (χ1) is 10.1. The van der Waals surface area contributed by atoms with Gasteiger partial charge in [-0.25, -0.2) is 4.98 Å². The van der Waals surface area contributed by atoms with Crippen molar-refractivity contribution in [3.8, 4) is 6.07 Å². The normalized spacial score (nSPS) is 15.4. The minimum atomic E-state index is -0.320. The van der Waals surface area contributed by atoms with E-state index in [4.69, 9.17) is 5.26 Å². The molecule has 1 fully saturated rings. The number of amides is 1. The zero-order valence-electron chi connectivity index (χ0n) is 11.8. The molecule has 0 bridgehead atoms. The maximum absolute atomic E-state index is 11.8. The Morgan fingerprint density at radius 3 is 3.05 bits per heavy atom. The Bertz CT molecular complexity index is 725. The van der Waals surface area contributed by atoms with Crippen LogP contribution in [0.5, 0.6) is 0 Å². The first-order valence-corrected chi connectivity index (χ1v) is 6.82. The summed E-state index contributed by atoms with van der Waals surface area (Å²) in [5.41, 5.74) is 1.41. The minimum absolute atomic E-state index is 0.131. The van der Waals surface area contributed by atoms with Gasteiger partial charge in [0.25, 0.3) is 0 Å². The van der Waals surface area contributed by atoms with E-state index in [0.29, 0.717) is 12.5 Å². The van der Waals surface area contributed by atoms with Gasteiger partial charge in [0.05, 0.1) is 29.7 Å². The van der Waals surface area contributed by atoms with Crippen LogP contribution in [0.1, 0.15) is 12.8 Å². The third-order valence-electron chi connectivity index (χ3n) is 3.80. The monoisotopic (exact) mass is 284 g/mol. The molecule has 0 spiro atoms. The molecule has 1 aliphatic rings. The Morgan fingerprint density at radius 1 is 1.57 bits per heavy atom. The number of imidazole rings is 1. The lowest BCUT2D eigenvalue weighted by atomic mass is 10.1. The number of nitrogens with zero attached hydrogens (tertiary/aromatic N) is 4. The maximum Gasteiger partial charge on any atom is 0.239 e. The molecule has 2 N–H and O–H groups in total. The van der Waals surface area contributed by atoms with Gasteiger partial charge in [-0.2, -0.15) is 5.26 Å². The highest BCUT2D eigenvalue weighted by molar-refractivity contribution is 5.82. The minimum Gasteiger partial charge on any atom is -0.353 e. The number of pyridine rings is 1. The number of hydrogen-bond acceptors (Lipinski definition) is 5. The molecule has 7 nitrogen and oxygen atoms in total. The van der Waals surface area contributed by atoms with Crippen LogP contribution in [0.15, 0.2) is 18.5 Å². The fraction of sp³-hybridized carbons (Fsp3) is 0.429. The van der Waals surface area contributed by atoms with Crippen molar-refractivity contribution in [1.82, 2.24) is 19.9 Å². The molecular weight excluding hydrogens is 268 g/mol. The summed E-state index contributed by atoms with van der Waals surface area (Å²) in [5.74, 6) is 0.483. The Balaban J connectivity index is 1.57. The predicted molar refractivity (Wildman–Crippen MR) is 77.3 cm³/mol. The molecule has 0 saturated heterocycles. The van der Waals surface area contributed by atoms with Gasteiger partial charge in [-0.3, -0.25) is 9.78 Å². The number of anilines is 1. The number of carbonyl (C=O) groups is 1. The number of nitrogens with one attached hydrogen (secondary N) is 2. The van der Waals surface area contributed by atoms with Crippen LogP contribution in [0, 0.1) is 16.7 Å². The topological polar surface area (TPSA) is 95.6 Å². The van der Waals surface area contributed by atoms with E-state index in [0.717, 1.165) is 23.9 Å². The lowest BCUT2D eigenvalue weighted by molar-refractivity contribution is -0.119. The Hall–Kier alpha value is -2.62. The van der Waals surface area contributed by atoms with Crippen molar-refractivity contribution < 1.29 is 4.79 Å². The summed E-state index contributed by atoms with van der Waals surface area (Å²) in [6.07, 6.45) is 5.13. The number of aryl methyl sites for hydroxylation is 1. The number of aromatic nitrogens is 3. The predicted octanol–water partition coefficient (Wildman–Crippen LogP) is 0.800. The van der Waals surface area contributed by atoms with Gasteiger partial charge in [0.2, 0.25) is 11.9 Å². The van der Waals surface area contributed by atoms with Crippen LogP contribution >= 0.6 is 0 Å². The molecule has 108 valence electrons. The molecule has 0 unspecified atom stereocenters. The number of hydrogen-bond donors (Lipinski definition) is 2. The highest BCUT2D eigenvalue weighted by atomic mass is 16.1. The molecule has 0 atom stereocenters. The van der Waals surface area contributed by atoms with Gasteiger partial charge in [0.15, 0.2) is 0 Å². The van der Waals surface area contributed by atoms with E-state index in [2.05, 4.69) is 26.7 Å². The summed E-state index contributed by atoms with van der Waals surface area (Å²) in [6.45, 7) is 0.558. The molecule has 2 heterocycles. The average molecular weight is 284 g/mol. The SMILES string of the molecule is Cn1c(NCC(=O)NCC2(C#N)CC2)nc2cnccc21. The summed E-state index contributed by atoms with van der Waals surface area (Å²) in [7, 11) is 1.88. The molecule has 7 heteroatoms. The molecule has 21 heavy (non-hydrogen) atoms. The van der Waals surface area contributed by atoms with Crippen LogP contribution in [0.4, 0.5) is 5.95 Å². The van der Waals surface area contributed by atoms with Crippen LogP contribution in [0.25, 0.3) is 11.0 Å². The Labute approximate surface area is 122 Å². The molecular formula is C14H16N6O. The van der Waals surface area contributed by atoms with E-state index in [9.17, 15) is 4.79 Å². The van der Waals surface area contributed by atoms with Crippen LogP contribution < -0.4 is 10.6 Å². The van der Waals surface area contributed by atoms with Crippen molar-refractivity contribution in [2.24, 2.45) is 12.5 Å². The second-order valence-corrected chi connectivity index (χ2v) is 5.38. The quantitative estimate of drug-likeness (QED) is 0.846. The van der Waals surface area contributed by atoms with Crippen molar-refractivity contribution in [3.05, 3.63) is 18.5 Å². The van der Waals surface area contributed by atoms with Crippen LogP contribution in [0.2, 0.25) is 0 Å². The van der Waals surface area contributed by atoms with E-state index in [1.54, 1.807) is 12.4 Å².